The lowest BCUT2D eigenvalue weighted by atomic mass is 10.2. The SMILES string of the molecule is CN(C)CCNc1cnnc(N(Cc2ccccc2)c2ccccc2)n1. The Morgan fingerprint density at radius 1 is 0.923 bits per heavy atom. The van der Waals surface area contributed by atoms with E-state index in [-0.39, 0.29) is 0 Å². The molecule has 0 saturated heterocycles. The Morgan fingerprint density at radius 2 is 1.62 bits per heavy atom. The molecule has 0 amide bonds. The second-order valence-corrected chi connectivity index (χ2v) is 6.28. The maximum absolute atomic E-state index is 4.67. The highest BCUT2D eigenvalue weighted by atomic mass is 15.3. The van der Waals surface area contributed by atoms with Crippen molar-refractivity contribution in [2.45, 2.75) is 6.54 Å². The van der Waals surface area contributed by atoms with Gasteiger partial charge in [0.1, 0.15) is 0 Å². The Balaban J connectivity index is 1.84. The van der Waals surface area contributed by atoms with Gasteiger partial charge in [-0.2, -0.15) is 10.1 Å². The topological polar surface area (TPSA) is 57.2 Å². The molecule has 1 heterocycles. The predicted octanol–water partition coefficient (Wildman–Crippen LogP) is 3.18. The largest absolute Gasteiger partial charge is 0.367 e. The summed E-state index contributed by atoms with van der Waals surface area (Å²) < 4.78 is 0. The lowest BCUT2D eigenvalue weighted by Gasteiger charge is -2.23. The summed E-state index contributed by atoms with van der Waals surface area (Å²) in [7, 11) is 4.09. The lowest BCUT2D eigenvalue weighted by molar-refractivity contribution is 0.425. The molecule has 0 radical (unpaired) electrons. The molecule has 1 N–H and O–H groups in total. The average Bonchev–Trinajstić information content (AvgIpc) is 2.67. The van der Waals surface area contributed by atoms with E-state index < -0.39 is 0 Å². The van der Waals surface area contributed by atoms with Crippen molar-refractivity contribution in [3.8, 4) is 0 Å². The maximum Gasteiger partial charge on any atom is 0.252 e. The molecule has 0 aliphatic carbocycles. The zero-order valence-electron chi connectivity index (χ0n) is 15.2. The highest BCUT2D eigenvalue weighted by Crippen LogP contribution is 2.24. The molecule has 0 bridgehead atoms. The minimum atomic E-state index is 0.579. The van der Waals surface area contributed by atoms with Crippen molar-refractivity contribution in [1.82, 2.24) is 20.1 Å². The molecular formula is C20H24N6. The molecule has 0 spiro atoms. The van der Waals surface area contributed by atoms with Crippen molar-refractivity contribution in [2.75, 3.05) is 37.4 Å². The Kier molecular flexibility index (Phi) is 6.11. The zero-order chi connectivity index (χ0) is 18.2. The van der Waals surface area contributed by atoms with E-state index in [1.807, 2.05) is 50.5 Å². The van der Waals surface area contributed by atoms with Gasteiger partial charge in [0.15, 0.2) is 5.82 Å². The molecule has 134 valence electrons. The smallest absolute Gasteiger partial charge is 0.252 e. The lowest BCUT2D eigenvalue weighted by Crippen LogP contribution is -2.23. The van der Waals surface area contributed by atoms with Crippen molar-refractivity contribution >= 4 is 17.5 Å². The predicted molar refractivity (Wildman–Crippen MR) is 106 cm³/mol. The summed E-state index contributed by atoms with van der Waals surface area (Å²) in [6, 6.07) is 20.4. The van der Waals surface area contributed by atoms with Crippen molar-refractivity contribution in [3.63, 3.8) is 0 Å². The minimum absolute atomic E-state index is 0.579. The summed E-state index contributed by atoms with van der Waals surface area (Å²) >= 11 is 0. The van der Waals surface area contributed by atoms with E-state index in [4.69, 9.17) is 0 Å². The Bertz CT molecular complexity index is 792. The first-order chi connectivity index (χ1) is 12.7. The molecule has 6 nitrogen and oxygen atoms in total. The summed E-state index contributed by atoms with van der Waals surface area (Å²) in [4.78, 5) is 8.85. The molecule has 2 aromatic carbocycles. The standard InChI is InChI=1S/C20H24N6/c1-25(2)14-13-21-19-15-22-24-20(23-19)26(18-11-7-4-8-12-18)16-17-9-5-3-6-10-17/h3-12,15H,13-14,16H2,1-2H3,(H,21,23,24). The summed E-state index contributed by atoms with van der Waals surface area (Å²) in [5.41, 5.74) is 2.22. The third kappa shape index (κ3) is 5.00. The highest BCUT2D eigenvalue weighted by Gasteiger charge is 2.14. The molecule has 3 aromatic rings. The van der Waals surface area contributed by atoms with E-state index in [1.165, 1.54) is 5.56 Å². The Morgan fingerprint density at radius 3 is 2.31 bits per heavy atom. The first kappa shape index (κ1) is 17.8. The maximum atomic E-state index is 4.67. The Hall–Kier alpha value is -2.99. The van der Waals surface area contributed by atoms with Gasteiger partial charge in [-0.15, -0.1) is 5.10 Å². The summed E-state index contributed by atoms with van der Waals surface area (Å²) in [6.45, 7) is 2.40. The van der Waals surface area contributed by atoms with Gasteiger partial charge in [0.2, 0.25) is 0 Å². The number of hydrogen-bond acceptors (Lipinski definition) is 6. The van der Waals surface area contributed by atoms with Crippen LogP contribution in [0.1, 0.15) is 5.56 Å². The van der Waals surface area contributed by atoms with Gasteiger partial charge in [0, 0.05) is 18.8 Å². The summed E-state index contributed by atoms with van der Waals surface area (Å²) in [5, 5.41) is 11.7. The van der Waals surface area contributed by atoms with E-state index in [0.717, 1.165) is 24.6 Å². The molecule has 6 heteroatoms. The normalized spacial score (nSPS) is 10.7. The highest BCUT2D eigenvalue weighted by molar-refractivity contribution is 5.58. The molecule has 3 rings (SSSR count). The van der Waals surface area contributed by atoms with Crippen molar-refractivity contribution in [3.05, 3.63) is 72.4 Å². The number of anilines is 3. The number of rotatable bonds is 8. The molecule has 0 fully saturated rings. The van der Waals surface area contributed by atoms with Gasteiger partial charge in [-0.3, -0.25) is 0 Å². The monoisotopic (exact) mass is 348 g/mol. The molecule has 0 saturated carbocycles. The van der Waals surface area contributed by atoms with Crippen LogP contribution < -0.4 is 10.2 Å². The van der Waals surface area contributed by atoms with Crippen LogP contribution in [-0.4, -0.2) is 47.3 Å². The van der Waals surface area contributed by atoms with E-state index >= 15 is 0 Å². The van der Waals surface area contributed by atoms with E-state index in [9.17, 15) is 0 Å². The number of nitrogens with zero attached hydrogens (tertiary/aromatic N) is 5. The quantitative estimate of drug-likeness (QED) is 0.675. The van der Waals surface area contributed by atoms with E-state index in [0.29, 0.717) is 12.5 Å². The number of para-hydroxylation sites is 1. The van der Waals surface area contributed by atoms with Gasteiger partial charge in [-0.05, 0) is 31.8 Å². The number of nitrogens with one attached hydrogen (secondary N) is 1. The van der Waals surface area contributed by atoms with Crippen LogP contribution in [0.2, 0.25) is 0 Å². The fourth-order valence-electron chi connectivity index (χ4n) is 2.55. The van der Waals surface area contributed by atoms with Crippen LogP contribution in [0.25, 0.3) is 0 Å². The van der Waals surface area contributed by atoms with E-state index in [2.05, 4.69) is 54.6 Å². The van der Waals surface area contributed by atoms with Crippen LogP contribution in [0, 0.1) is 0 Å². The van der Waals surface area contributed by atoms with Gasteiger partial charge in [0.05, 0.1) is 12.7 Å². The first-order valence-electron chi connectivity index (χ1n) is 8.67. The number of aromatic nitrogens is 3. The summed E-state index contributed by atoms with van der Waals surface area (Å²) in [6.07, 6.45) is 1.66. The van der Waals surface area contributed by atoms with Gasteiger partial charge in [-0.1, -0.05) is 48.5 Å². The fraction of sp³-hybridized carbons (Fsp3) is 0.250. The molecule has 0 aliphatic rings. The van der Waals surface area contributed by atoms with Crippen LogP contribution in [0.15, 0.2) is 66.9 Å². The molecule has 26 heavy (non-hydrogen) atoms. The molecule has 0 atom stereocenters. The number of likely N-dealkylation sites (N-methyl/N-ethyl adjacent to an activating group) is 1. The van der Waals surface area contributed by atoms with Crippen molar-refractivity contribution in [2.24, 2.45) is 0 Å². The van der Waals surface area contributed by atoms with Gasteiger partial charge >= 0.3 is 0 Å². The van der Waals surface area contributed by atoms with Crippen LogP contribution >= 0.6 is 0 Å². The third-order valence-corrected chi connectivity index (χ3v) is 3.91. The van der Waals surface area contributed by atoms with E-state index in [1.54, 1.807) is 6.20 Å². The number of hydrogen-bond donors (Lipinski definition) is 1. The Labute approximate surface area is 154 Å². The van der Waals surface area contributed by atoms with Crippen molar-refractivity contribution < 1.29 is 0 Å². The molecular weight excluding hydrogens is 324 g/mol. The average molecular weight is 348 g/mol. The van der Waals surface area contributed by atoms with Gasteiger partial charge < -0.3 is 15.1 Å². The minimum Gasteiger partial charge on any atom is -0.367 e. The molecule has 0 aliphatic heterocycles. The second-order valence-electron chi connectivity index (χ2n) is 6.28. The van der Waals surface area contributed by atoms with Gasteiger partial charge in [0.25, 0.3) is 5.95 Å². The van der Waals surface area contributed by atoms with Crippen LogP contribution in [0.3, 0.4) is 0 Å². The van der Waals surface area contributed by atoms with Crippen molar-refractivity contribution in [1.29, 1.82) is 0 Å². The fourth-order valence-corrected chi connectivity index (χ4v) is 2.55. The number of benzene rings is 2. The third-order valence-electron chi connectivity index (χ3n) is 3.91. The van der Waals surface area contributed by atoms with Gasteiger partial charge in [-0.25, -0.2) is 0 Å². The molecule has 1 aromatic heterocycles. The summed E-state index contributed by atoms with van der Waals surface area (Å²) in [5.74, 6) is 1.31. The van der Waals surface area contributed by atoms with Crippen LogP contribution in [0.5, 0.6) is 0 Å². The first-order valence-corrected chi connectivity index (χ1v) is 8.67. The van der Waals surface area contributed by atoms with Crippen LogP contribution in [-0.2, 0) is 6.54 Å². The van der Waals surface area contributed by atoms with Crippen LogP contribution in [0.4, 0.5) is 17.5 Å². The molecule has 0 unspecified atom stereocenters. The second kappa shape index (κ2) is 8.92. The zero-order valence-corrected chi connectivity index (χ0v) is 15.2.